The van der Waals surface area contributed by atoms with E-state index in [-0.39, 0.29) is 69.2 Å². The number of aryl methyl sites for hydroxylation is 2. The van der Waals surface area contributed by atoms with Crippen molar-refractivity contribution in [2.45, 2.75) is 115 Å². The van der Waals surface area contributed by atoms with E-state index in [1.807, 2.05) is 46.0 Å². The highest BCUT2D eigenvalue weighted by Crippen LogP contribution is 2.41. The summed E-state index contributed by atoms with van der Waals surface area (Å²) < 4.78 is 61.0. The second-order valence-corrected chi connectivity index (χ2v) is 28.1. The van der Waals surface area contributed by atoms with Crippen LogP contribution in [-0.4, -0.2) is 160 Å². The molecule has 6 aliphatic rings. The summed E-state index contributed by atoms with van der Waals surface area (Å²) in [6.45, 7) is 16.3. The van der Waals surface area contributed by atoms with Crippen LogP contribution in [0.5, 0.6) is 0 Å². The summed E-state index contributed by atoms with van der Waals surface area (Å²) in [7, 11) is -7.14. The van der Waals surface area contributed by atoms with Crippen LogP contribution in [0.1, 0.15) is 127 Å². The molecule has 0 radical (unpaired) electrons. The van der Waals surface area contributed by atoms with Crippen molar-refractivity contribution in [3.63, 3.8) is 0 Å². The molecule has 12 rings (SSSR count). The molecule has 2 spiro atoms. The highest BCUT2D eigenvalue weighted by Gasteiger charge is 2.51. The smallest absolute Gasteiger partial charge is 0.410 e. The fourth-order valence-corrected chi connectivity index (χ4v) is 13.0. The van der Waals surface area contributed by atoms with Crippen LogP contribution in [0.4, 0.5) is 22.0 Å². The number of hydrogen-bond acceptors (Lipinski definition) is 15. The third-order valence-electron chi connectivity index (χ3n) is 15.7. The van der Waals surface area contributed by atoms with Crippen LogP contribution >= 0.6 is 34.8 Å². The topological polar surface area (TPSA) is 250 Å². The number of carbonyl (C=O) groups is 3. The Bertz CT molecular complexity index is 3640. The van der Waals surface area contributed by atoms with Crippen molar-refractivity contribution in [2.24, 2.45) is 0 Å². The predicted molar refractivity (Wildman–Crippen MR) is 316 cm³/mol. The molecule has 6 aliphatic heterocycles. The van der Waals surface area contributed by atoms with E-state index in [4.69, 9.17) is 49.6 Å². The van der Waals surface area contributed by atoms with Gasteiger partial charge in [0.1, 0.15) is 16.6 Å². The van der Waals surface area contributed by atoms with Gasteiger partial charge in [-0.25, -0.2) is 40.6 Å². The van der Waals surface area contributed by atoms with Gasteiger partial charge in [0, 0.05) is 91.5 Å². The van der Waals surface area contributed by atoms with E-state index < -0.39 is 20.0 Å². The molecule has 2 aromatic carbocycles. The van der Waals surface area contributed by atoms with Gasteiger partial charge in [0.25, 0.3) is 11.8 Å². The lowest BCUT2D eigenvalue weighted by Gasteiger charge is -2.59. The van der Waals surface area contributed by atoms with Gasteiger partial charge in [-0.15, -0.1) is 0 Å². The number of aromatic nitrogens is 6. The Morgan fingerprint density at radius 3 is 1.62 bits per heavy atom. The minimum atomic E-state index is -3.57. The Morgan fingerprint density at radius 2 is 1.20 bits per heavy atom. The van der Waals surface area contributed by atoms with Crippen LogP contribution in [0.3, 0.4) is 0 Å². The maximum atomic E-state index is 13.8. The summed E-state index contributed by atoms with van der Waals surface area (Å²) in [6, 6.07) is 12.4. The molecule has 0 aliphatic carbocycles. The van der Waals surface area contributed by atoms with Gasteiger partial charge < -0.3 is 35.0 Å². The number of carbonyl (C=O) groups excluding carboxylic acids is 3. The molecule has 10 heterocycles. The Labute approximate surface area is 492 Å². The lowest BCUT2D eigenvalue weighted by molar-refractivity contribution is -0.0355. The van der Waals surface area contributed by atoms with E-state index in [2.05, 4.69) is 42.0 Å². The van der Waals surface area contributed by atoms with Gasteiger partial charge in [-0.2, -0.15) is 10.2 Å². The van der Waals surface area contributed by atoms with Crippen molar-refractivity contribution in [1.29, 1.82) is 0 Å². The molecular formula is C55H69Cl3N14O8S2. The van der Waals surface area contributed by atoms with E-state index in [1.165, 1.54) is 37.1 Å². The first-order valence-corrected chi connectivity index (χ1v) is 32.4. The van der Waals surface area contributed by atoms with E-state index in [0.717, 1.165) is 119 Å². The summed E-state index contributed by atoms with van der Waals surface area (Å²) in [4.78, 5) is 55.9. The average Bonchev–Trinajstić information content (AvgIpc) is 3.54. The first kappa shape index (κ1) is 59.2. The summed E-state index contributed by atoms with van der Waals surface area (Å²) in [5.41, 5.74) is 5.61. The summed E-state index contributed by atoms with van der Waals surface area (Å²) in [6.07, 6.45) is 13.2. The minimum Gasteiger partial charge on any atom is -0.444 e. The first-order valence-electron chi connectivity index (χ1n) is 27.4. The molecule has 4 aromatic heterocycles. The van der Waals surface area contributed by atoms with Gasteiger partial charge in [-0.05, 0) is 129 Å². The van der Waals surface area contributed by atoms with Crippen molar-refractivity contribution in [3.8, 4) is 0 Å². The molecule has 3 amide bonds. The van der Waals surface area contributed by atoms with Crippen LogP contribution in [0.25, 0.3) is 11.3 Å². The Hall–Kier alpha value is -6.02. The second kappa shape index (κ2) is 22.9. The number of piperidine rings is 2. The number of ether oxygens (including phenoxy) is 1. The lowest BCUT2D eigenvalue weighted by Crippen LogP contribution is -2.76. The van der Waals surface area contributed by atoms with Crippen molar-refractivity contribution in [3.05, 3.63) is 110 Å². The minimum absolute atomic E-state index is 0.183. The summed E-state index contributed by atoms with van der Waals surface area (Å²) in [5.74, 6) is 0.413. The highest BCUT2D eigenvalue weighted by atomic mass is 35.5. The Morgan fingerprint density at radius 1 is 0.695 bits per heavy atom. The largest absolute Gasteiger partial charge is 0.444 e. The number of rotatable bonds is 9. The van der Waals surface area contributed by atoms with Crippen LogP contribution in [0.15, 0.2) is 60.9 Å². The predicted octanol–water partition coefficient (Wildman–Crippen LogP) is 8.03. The molecular weight excluding hydrogens is 1160 g/mol. The molecule has 27 heteroatoms. The van der Waals surface area contributed by atoms with Crippen molar-refractivity contribution in [1.82, 2.24) is 54.5 Å². The number of likely N-dealkylation sites (tertiary alicyclic amines) is 3. The molecule has 6 aromatic rings. The molecule has 440 valence electrons. The van der Waals surface area contributed by atoms with Crippen LogP contribution in [0, 0.1) is 13.8 Å². The fraction of sp³-hybridized carbons (Fsp3) is 0.509. The quantitative estimate of drug-likeness (QED) is 0.100. The van der Waals surface area contributed by atoms with Gasteiger partial charge in [0.05, 0.1) is 69.6 Å². The molecule has 4 N–H and O–H groups in total. The molecule has 22 nitrogen and oxygen atoms in total. The number of fused-ring (bicyclic) bond motifs is 2. The van der Waals surface area contributed by atoms with Gasteiger partial charge in [0.2, 0.25) is 20.0 Å². The third-order valence-corrected chi connectivity index (χ3v) is 17.8. The third kappa shape index (κ3) is 12.9. The van der Waals surface area contributed by atoms with Gasteiger partial charge in [-0.1, -0.05) is 34.8 Å². The standard InChI is InChI=1S/C25H30ClN7O3S.C20H21Cl2N5O3S.C10H18N2O2/c1-16-13-33-22(28-23(16)32-10-8-25(32)14-27-15-25)12-20(29-33)21-5-3-4-9-31(21)24(34)18-11-17(26)6-7-19(18)30-37(2,35)36;1-12-11-27-18(23-19(12)22)10-16(24-27)17-5-3-4-8-26(17)20(28)14-9-13(21)6-7-15(14)25-31(2,29)30;1-9(2,3)14-8(13)12-6-10(7-12)4-5-11-10/h6-7,11-13,21,27,30H,3-5,8-10,14-15H2,1-2H3;6-7,9-11,17,25H,3-5,8H2,1-2H3;11H,4-7H2,1-3H3/t21-;17-;/m00./s1. The van der Waals surface area contributed by atoms with Crippen LogP contribution in [0.2, 0.25) is 15.2 Å². The van der Waals surface area contributed by atoms with Crippen LogP contribution < -0.4 is 25.0 Å². The highest BCUT2D eigenvalue weighted by molar-refractivity contribution is 7.92. The monoisotopic (exact) mass is 1220 g/mol. The van der Waals surface area contributed by atoms with E-state index in [0.29, 0.717) is 39.6 Å². The maximum Gasteiger partial charge on any atom is 0.410 e. The first-order chi connectivity index (χ1) is 38.7. The molecule has 82 heavy (non-hydrogen) atoms. The summed E-state index contributed by atoms with van der Waals surface area (Å²) >= 11 is 18.5. The number of nitrogens with one attached hydrogen (secondary N) is 4. The van der Waals surface area contributed by atoms with Gasteiger partial charge in [-0.3, -0.25) is 19.0 Å². The number of anilines is 3. The lowest BCUT2D eigenvalue weighted by atomic mass is 9.79. The maximum absolute atomic E-state index is 13.8. The Balaban J connectivity index is 0.000000151. The molecule has 2 atom stereocenters. The fourth-order valence-electron chi connectivity index (χ4n) is 11.4. The van der Waals surface area contributed by atoms with Crippen molar-refractivity contribution in [2.75, 3.05) is 79.2 Å². The normalized spacial score (nSPS) is 20.1. The number of nitrogens with zero attached hydrogens (tertiary/aromatic N) is 10. The van der Waals surface area contributed by atoms with E-state index >= 15 is 0 Å². The van der Waals surface area contributed by atoms with Crippen molar-refractivity contribution >= 4 is 101 Å². The number of amides is 3. The summed E-state index contributed by atoms with van der Waals surface area (Å²) in [5, 5.41) is 17.3. The van der Waals surface area contributed by atoms with E-state index in [9.17, 15) is 31.2 Å². The molecule has 0 unspecified atom stereocenters. The molecule has 6 saturated heterocycles. The SMILES string of the molecule is CC(C)(C)OC(=O)N1CC2(CCN2)C1.Cc1cn2nc([C@@H]3CCCCN3C(=O)c3cc(Cl)ccc3NS(C)(=O)=O)cc2nc1Cl.Cc1cn2nc([C@@H]3CCCCN3C(=O)c3cc(Cl)ccc3NS(C)(=O)=O)cc2nc1N1CCC12CNC2. The molecule has 6 fully saturated rings. The van der Waals surface area contributed by atoms with Crippen molar-refractivity contribution < 1.29 is 36.0 Å². The molecule has 0 saturated carbocycles. The number of benzene rings is 2. The zero-order valence-electron chi connectivity index (χ0n) is 46.9. The zero-order chi connectivity index (χ0) is 58.7. The van der Waals surface area contributed by atoms with Gasteiger partial charge >= 0.3 is 6.09 Å². The van der Waals surface area contributed by atoms with Crippen LogP contribution in [-0.2, 0) is 24.8 Å². The second-order valence-electron chi connectivity index (χ2n) is 23.4. The van der Waals surface area contributed by atoms with Gasteiger partial charge in [0.15, 0.2) is 11.3 Å². The molecule has 0 bridgehead atoms. The average molecular weight is 1220 g/mol. The van der Waals surface area contributed by atoms with E-state index in [1.54, 1.807) is 42.1 Å². The number of hydrogen-bond donors (Lipinski definition) is 4. The Kier molecular flexibility index (Phi) is 16.5. The number of sulfonamides is 2. The number of halogens is 3. The zero-order valence-corrected chi connectivity index (χ0v) is 50.8.